The zero-order chi connectivity index (χ0) is 9.26. The van der Waals surface area contributed by atoms with E-state index in [0.29, 0.717) is 5.82 Å². The lowest BCUT2D eigenvalue weighted by Crippen LogP contribution is -1.90. The van der Waals surface area contributed by atoms with Crippen LogP contribution < -0.4 is 5.73 Å². The van der Waals surface area contributed by atoms with Crippen LogP contribution in [0.3, 0.4) is 0 Å². The first-order valence-electron chi connectivity index (χ1n) is 3.97. The maximum absolute atomic E-state index is 5.72. The molecule has 0 aliphatic rings. The zero-order valence-corrected chi connectivity index (χ0v) is 7.31. The molecule has 0 aliphatic carbocycles. The lowest BCUT2D eigenvalue weighted by molar-refractivity contribution is 0.772. The van der Waals surface area contributed by atoms with Gasteiger partial charge in [-0.05, 0) is 17.7 Å². The molecule has 0 aliphatic heterocycles. The van der Waals surface area contributed by atoms with Gasteiger partial charge in [-0.25, -0.2) is 0 Å². The highest BCUT2D eigenvalue weighted by molar-refractivity contribution is 5.72. The Labute approximate surface area is 76.0 Å². The fourth-order valence-electron chi connectivity index (χ4n) is 1.26. The predicted molar refractivity (Wildman–Crippen MR) is 50.9 cm³/mol. The maximum Gasteiger partial charge on any atom is 0.153 e. The molecule has 0 saturated heterocycles. The number of hydrogen-bond acceptors (Lipinski definition) is 3. The van der Waals surface area contributed by atoms with E-state index in [1.165, 1.54) is 0 Å². The van der Waals surface area contributed by atoms with Gasteiger partial charge in [0.15, 0.2) is 5.82 Å². The van der Waals surface area contributed by atoms with Crippen LogP contribution in [0.5, 0.6) is 0 Å². The number of aryl methyl sites for hydroxylation is 1. The Kier molecular flexibility index (Phi) is 1.73. The standard InChI is InChI=1S/C9H10N4/c1-13-6-8(9(10)12-13)7-2-4-11-5-3-7/h2-6H,1H3,(H2,10,12). The molecule has 0 radical (unpaired) electrons. The zero-order valence-electron chi connectivity index (χ0n) is 7.31. The van der Waals surface area contributed by atoms with Gasteiger partial charge in [0.05, 0.1) is 0 Å². The van der Waals surface area contributed by atoms with Gasteiger partial charge in [0.2, 0.25) is 0 Å². The summed E-state index contributed by atoms with van der Waals surface area (Å²) in [6.07, 6.45) is 5.37. The van der Waals surface area contributed by atoms with Crippen molar-refractivity contribution in [3.05, 3.63) is 30.7 Å². The molecule has 2 rings (SSSR count). The summed E-state index contributed by atoms with van der Waals surface area (Å²) < 4.78 is 1.70. The molecule has 0 unspecified atom stereocenters. The van der Waals surface area contributed by atoms with E-state index in [0.717, 1.165) is 11.1 Å². The fraction of sp³-hybridized carbons (Fsp3) is 0.111. The second-order valence-electron chi connectivity index (χ2n) is 2.84. The van der Waals surface area contributed by atoms with Crippen molar-refractivity contribution < 1.29 is 0 Å². The molecular formula is C9H10N4. The molecule has 4 heteroatoms. The number of anilines is 1. The monoisotopic (exact) mass is 174 g/mol. The third-order valence-electron chi connectivity index (χ3n) is 1.85. The summed E-state index contributed by atoms with van der Waals surface area (Å²) in [6, 6.07) is 3.82. The highest BCUT2D eigenvalue weighted by atomic mass is 15.3. The fourth-order valence-corrected chi connectivity index (χ4v) is 1.26. The van der Waals surface area contributed by atoms with Gasteiger partial charge < -0.3 is 5.73 Å². The largest absolute Gasteiger partial charge is 0.382 e. The average Bonchev–Trinajstić information content (AvgIpc) is 2.47. The van der Waals surface area contributed by atoms with E-state index in [1.54, 1.807) is 17.1 Å². The van der Waals surface area contributed by atoms with Gasteiger partial charge in [-0.1, -0.05) is 0 Å². The first-order chi connectivity index (χ1) is 6.27. The van der Waals surface area contributed by atoms with Crippen LogP contribution in [0.25, 0.3) is 11.1 Å². The molecule has 0 spiro atoms. The van der Waals surface area contributed by atoms with Crippen LogP contribution in [0.1, 0.15) is 0 Å². The van der Waals surface area contributed by atoms with E-state index in [4.69, 9.17) is 5.73 Å². The molecule has 2 aromatic rings. The topological polar surface area (TPSA) is 56.7 Å². The molecule has 2 heterocycles. The molecular weight excluding hydrogens is 164 g/mol. The number of aromatic nitrogens is 3. The van der Waals surface area contributed by atoms with Crippen LogP contribution in [0.15, 0.2) is 30.7 Å². The molecule has 0 saturated carbocycles. The first-order valence-corrected chi connectivity index (χ1v) is 3.97. The normalized spacial score (nSPS) is 10.2. The van der Waals surface area contributed by atoms with Crippen molar-refractivity contribution in [2.24, 2.45) is 7.05 Å². The average molecular weight is 174 g/mol. The van der Waals surface area contributed by atoms with Crippen molar-refractivity contribution in [2.75, 3.05) is 5.73 Å². The second-order valence-corrected chi connectivity index (χ2v) is 2.84. The SMILES string of the molecule is Cn1cc(-c2ccncc2)c(N)n1. The van der Waals surface area contributed by atoms with Crippen LogP contribution in [0.2, 0.25) is 0 Å². The molecule has 66 valence electrons. The van der Waals surface area contributed by atoms with Crippen molar-refractivity contribution in [2.45, 2.75) is 0 Å². The van der Waals surface area contributed by atoms with E-state index >= 15 is 0 Å². The number of rotatable bonds is 1. The van der Waals surface area contributed by atoms with Gasteiger partial charge in [-0.2, -0.15) is 5.10 Å². The van der Waals surface area contributed by atoms with Crippen molar-refractivity contribution in [3.8, 4) is 11.1 Å². The van der Waals surface area contributed by atoms with E-state index in [2.05, 4.69) is 10.1 Å². The quantitative estimate of drug-likeness (QED) is 0.703. The van der Waals surface area contributed by atoms with Crippen LogP contribution in [0, 0.1) is 0 Å². The van der Waals surface area contributed by atoms with Crippen LogP contribution in [0.4, 0.5) is 5.82 Å². The third-order valence-corrected chi connectivity index (χ3v) is 1.85. The Morgan fingerprint density at radius 2 is 2.00 bits per heavy atom. The minimum Gasteiger partial charge on any atom is -0.382 e. The van der Waals surface area contributed by atoms with Gasteiger partial charge in [0.25, 0.3) is 0 Å². The van der Waals surface area contributed by atoms with E-state index in [9.17, 15) is 0 Å². The molecule has 0 amide bonds. The number of nitrogen functional groups attached to an aromatic ring is 1. The summed E-state index contributed by atoms with van der Waals surface area (Å²) in [6.45, 7) is 0. The lowest BCUT2D eigenvalue weighted by atomic mass is 10.1. The Morgan fingerprint density at radius 3 is 2.54 bits per heavy atom. The van der Waals surface area contributed by atoms with Crippen molar-refractivity contribution in [1.29, 1.82) is 0 Å². The second kappa shape index (κ2) is 2.90. The van der Waals surface area contributed by atoms with Gasteiger partial charge in [0, 0.05) is 31.2 Å². The molecule has 0 aromatic carbocycles. The highest BCUT2D eigenvalue weighted by Gasteiger charge is 2.05. The summed E-state index contributed by atoms with van der Waals surface area (Å²) in [7, 11) is 1.85. The predicted octanol–water partition coefficient (Wildman–Crippen LogP) is 1.06. The van der Waals surface area contributed by atoms with E-state index in [-0.39, 0.29) is 0 Å². The Bertz CT molecular complexity index is 405. The Balaban J connectivity index is 2.53. The molecule has 0 fully saturated rings. The van der Waals surface area contributed by atoms with E-state index < -0.39 is 0 Å². The minimum absolute atomic E-state index is 0.550. The molecule has 13 heavy (non-hydrogen) atoms. The summed E-state index contributed by atoms with van der Waals surface area (Å²) in [5.74, 6) is 0.550. The Morgan fingerprint density at radius 1 is 1.31 bits per heavy atom. The highest BCUT2D eigenvalue weighted by Crippen LogP contribution is 2.22. The molecule has 0 atom stereocenters. The summed E-state index contributed by atoms with van der Waals surface area (Å²) in [4.78, 5) is 3.94. The van der Waals surface area contributed by atoms with Gasteiger partial charge in [0.1, 0.15) is 0 Å². The first kappa shape index (κ1) is 7.79. The van der Waals surface area contributed by atoms with Crippen molar-refractivity contribution in [3.63, 3.8) is 0 Å². The number of pyridine rings is 1. The van der Waals surface area contributed by atoms with Gasteiger partial charge >= 0.3 is 0 Å². The van der Waals surface area contributed by atoms with Crippen LogP contribution in [-0.2, 0) is 7.05 Å². The van der Waals surface area contributed by atoms with E-state index in [1.807, 2.05) is 25.4 Å². The molecule has 4 nitrogen and oxygen atoms in total. The molecule has 0 bridgehead atoms. The maximum atomic E-state index is 5.72. The van der Waals surface area contributed by atoms with Gasteiger partial charge in [-0.15, -0.1) is 0 Å². The lowest BCUT2D eigenvalue weighted by Gasteiger charge is -1.95. The molecule has 2 N–H and O–H groups in total. The minimum atomic E-state index is 0.550. The van der Waals surface area contributed by atoms with Crippen LogP contribution >= 0.6 is 0 Å². The number of nitrogens with two attached hydrogens (primary N) is 1. The van der Waals surface area contributed by atoms with Gasteiger partial charge in [-0.3, -0.25) is 9.67 Å². The van der Waals surface area contributed by atoms with Crippen molar-refractivity contribution >= 4 is 5.82 Å². The van der Waals surface area contributed by atoms with Crippen LogP contribution in [-0.4, -0.2) is 14.8 Å². The number of hydrogen-bond donors (Lipinski definition) is 1. The summed E-state index contributed by atoms with van der Waals surface area (Å²) in [5.41, 5.74) is 7.71. The summed E-state index contributed by atoms with van der Waals surface area (Å²) >= 11 is 0. The smallest absolute Gasteiger partial charge is 0.153 e. The third kappa shape index (κ3) is 1.38. The van der Waals surface area contributed by atoms with Crippen molar-refractivity contribution in [1.82, 2.24) is 14.8 Å². The summed E-state index contributed by atoms with van der Waals surface area (Å²) in [5, 5.41) is 4.06. The molecule has 2 aromatic heterocycles. The Hall–Kier alpha value is -1.84. The number of nitrogens with zero attached hydrogens (tertiary/aromatic N) is 3.